The lowest BCUT2D eigenvalue weighted by Gasteiger charge is -2.28. The predicted octanol–water partition coefficient (Wildman–Crippen LogP) is 3.78. The Kier molecular flexibility index (Phi) is 5.32. The van der Waals surface area contributed by atoms with Crippen molar-refractivity contribution in [3.63, 3.8) is 0 Å². The van der Waals surface area contributed by atoms with Crippen molar-refractivity contribution < 1.29 is 13.2 Å². The maximum Gasteiger partial charge on any atom is 0.267 e. The van der Waals surface area contributed by atoms with E-state index in [9.17, 15) is 13.2 Å². The summed E-state index contributed by atoms with van der Waals surface area (Å²) in [6.45, 7) is 0. The van der Waals surface area contributed by atoms with Crippen LogP contribution in [0, 0.1) is 0 Å². The fraction of sp³-hybridized carbons (Fsp3) is 0.105. The smallest absolute Gasteiger partial charge is 0.267 e. The van der Waals surface area contributed by atoms with Gasteiger partial charge in [0.1, 0.15) is 4.90 Å². The average molecular weight is 491 g/mol. The first-order chi connectivity index (χ1) is 13.9. The molecule has 4 rings (SSSR count). The number of thioether (sulfide) groups is 1. The average Bonchev–Trinajstić information content (AvgIpc) is 2.72. The molecule has 0 bridgehead atoms. The summed E-state index contributed by atoms with van der Waals surface area (Å²) in [5.74, 6) is -0.120. The van der Waals surface area contributed by atoms with E-state index in [1.165, 1.54) is 17.5 Å². The van der Waals surface area contributed by atoms with Gasteiger partial charge in [-0.05, 0) is 34.1 Å². The lowest BCUT2D eigenvalue weighted by Crippen LogP contribution is -2.31. The van der Waals surface area contributed by atoms with E-state index in [0.29, 0.717) is 27.8 Å². The normalized spacial score (nSPS) is 14.1. The molecule has 1 aliphatic heterocycles. The van der Waals surface area contributed by atoms with Crippen LogP contribution in [0.3, 0.4) is 0 Å². The number of para-hydroxylation sites is 2. The SMILES string of the molecule is CN1c2ccccc2-c2nc(SCC(=O)Nc3ccccc3Br)ncc2S1(=O)=O. The predicted molar refractivity (Wildman–Crippen MR) is 117 cm³/mol. The van der Waals surface area contributed by atoms with E-state index in [1.807, 2.05) is 30.3 Å². The van der Waals surface area contributed by atoms with Gasteiger partial charge in [0, 0.05) is 17.1 Å². The monoisotopic (exact) mass is 490 g/mol. The minimum absolute atomic E-state index is 0.0562. The van der Waals surface area contributed by atoms with Crippen molar-refractivity contribution in [2.75, 3.05) is 22.4 Å². The van der Waals surface area contributed by atoms with Crippen LogP contribution in [0.15, 0.2) is 69.3 Å². The van der Waals surface area contributed by atoms with Gasteiger partial charge in [-0.25, -0.2) is 18.4 Å². The van der Waals surface area contributed by atoms with Gasteiger partial charge in [0.25, 0.3) is 10.0 Å². The Morgan fingerprint density at radius 3 is 2.69 bits per heavy atom. The van der Waals surface area contributed by atoms with E-state index in [1.54, 1.807) is 18.2 Å². The van der Waals surface area contributed by atoms with Crippen LogP contribution in [0.2, 0.25) is 0 Å². The van der Waals surface area contributed by atoms with Gasteiger partial charge in [-0.2, -0.15) is 0 Å². The van der Waals surface area contributed by atoms with Crippen LogP contribution in [0.1, 0.15) is 0 Å². The second-order valence-corrected chi connectivity index (χ2v) is 9.91. The van der Waals surface area contributed by atoms with Crippen LogP contribution in [0.4, 0.5) is 11.4 Å². The highest BCUT2D eigenvalue weighted by Crippen LogP contribution is 2.41. The molecule has 3 aromatic rings. The van der Waals surface area contributed by atoms with Crippen LogP contribution in [-0.2, 0) is 14.8 Å². The topological polar surface area (TPSA) is 92.3 Å². The molecule has 0 fully saturated rings. The maximum atomic E-state index is 12.7. The van der Waals surface area contributed by atoms with E-state index in [0.717, 1.165) is 16.2 Å². The van der Waals surface area contributed by atoms with Crippen LogP contribution in [0.25, 0.3) is 11.3 Å². The number of fused-ring (bicyclic) bond motifs is 3. The number of anilines is 2. The zero-order chi connectivity index (χ0) is 20.6. The summed E-state index contributed by atoms with van der Waals surface area (Å²) in [7, 11) is -2.21. The molecule has 0 atom stereocenters. The first-order valence-corrected chi connectivity index (χ1v) is 11.7. The number of benzene rings is 2. The molecule has 1 aromatic heterocycles. The van der Waals surface area contributed by atoms with Gasteiger partial charge in [-0.3, -0.25) is 9.10 Å². The Morgan fingerprint density at radius 2 is 1.90 bits per heavy atom. The molecule has 0 radical (unpaired) electrons. The molecule has 0 spiro atoms. The van der Waals surface area contributed by atoms with Crippen LogP contribution >= 0.6 is 27.7 Å². The summed E-state index contributed by atoms with van der Waals surface area (Å²) in [6.07, 6.45) is 1.30. The molecule has 10 heteroatoms. The summed E-state index contributed by atoms with van der Waals surface area (Å²) < 4.78 is 27.5. The van der Waals surface area contributed by atoms with E-state index in [2.05, 4.69) is 31.2 Å². The van der Waals surface area contributed by atoms with E-state index >= 15 is 0 Å². The van der Waals surface area contributed by atoms with E-state index in [-0.39, 0.29) is 16.6 Å². The first kappa shape index (κ1) is 19.9. The summed E-state index contributed by atoms with van der Waals surface area (Å²) in [6, 6.07) is 14.5. The molecule has 1 N–H and O–H groups in total. The largest absolute Gasteiger partial charge is 0.324 e. The Hall–Kier alpha value is -2.43. The van der Waals surface area contributed by atoms with Crippen molar-refractivity contribution in [2.24, 2.45) is 0 Å². The van der Waals surface area contributed by atoms with Gasteiger partial charge in [-0.15, -0.1) is 0 Å². The molecule has 1 amide bonds. The third-order valence-corrected chi connectivity index (χ3v) is 7.68. The molecular weight excluding hydrogens is 476 g/mol. The van der Waals surface area contributed by atoms with Crippen molar-refractivity contribution in [3.05, 3.63) is 59.2 Å². The molecule has 7 nitrogen and oxygen atoms in total. The summed E-state index contributed by atoms with van der Waals surface area (Å²) in [5.41, 5.74) is 2.29. The molecule has 0 unspecified atom stereocenters. The Balaban J connectivity index is 1.58. The van der Waals surface area contributed by atoms with E-state index < -0.39 is 10.0 Å². The molecule has 2 heterocycles. The second kappa shape index (κ2) is 7.77. The Morgan fingerprint density at radius 1 is 1.17 bits per heavy atom. The van der Waals surface area contributed by atoms with Crippen molar-refractivity contribution in [1.82, 2.24) is 9.97 Å². The van der Waals surface area contributed by atoms with Crippen molar-refractivity contribution in [3.8, 4) is 11.3 Å². The van der Waals surface area contributed by atoms with Gasteiger partial charge in [0.05, 0.1) is 29.0 Å². The number of rotatable bonds is 4. The number of sulfonamides is 1. The van der Waals surface area contributed by atoms with Gasteiger partial charge < -0.3 is 5.32 Å². The summed E-state index contributed by atoms with van der Waals surface area (Å²) in [5, 5.41) is 3.15. The minimum atomic E-state index is -3.71. The van der Waals surface area contributed by atoms with Crippen LogP contribution < -0.4 is 9.62 Å². The molecule has 0 saturated heterocycles. The van der Waals surface area contributed by atoms with Crippen LogP contribution in [-0.4, -0.2) is 37.1 Å². The number of carbonyl (C=O) groups excluding carboxylic acids is 1. The first-order valence-electron chi connectivity index (χ1n) is 8.50. The highest BCUT2D eigenvalue weighted by Gasteiger charge is 2.34. The van der Waals surface area contributed by atoms with Crippen molar-refractivity contribution in [1.29, 1.82) is 0 Å². The summed E-state index contributed by atoms with van der Waals surface area (Å²) >= 11 is 4.53. The van der Waals surface area contributed by atoms with E-state index in [4.69, 9.17) is 0 Å². The highest BCUT2D eigenvalue weighted by molar-refractivity contribution is 9.10. The fourth-order valence-electron chi connectivity index (χ4n) is 2.91. The quantitative estimate of drug-likeness (QED) is 0.441. The zero-order valence-corrected chi connectivity index (χ0v) is 18.4. The van der Waals surface area contributed by atoms with Crippen molar-refractivity contribution in [2.45, 2.75) is 10.1 Å². The zero-order valence-electron chi connectivity index (χ0n) is 15.2. The van der Waals surface area contributed by atoms with Crippen LogP contribution in [0.5, 0.6) is 0 Å². The molecule has 148 valence electrons. The number of hydrogen-bond acceptors (Lipinski definition) is 6. The van der Waals surface area contributed by atoms with Gasteiger partial charge >= 0.3 is 0 Å². The number of aromatic nitrogens is 2. The third kappa shape index (κ3) is 3.75. The van der Waals surface area contributed by atoms with Gasteiger partial charge in [0.15, 0.2) is 5.16 Å². The maximum absolute atomic E-state index is 12.7. The number of halogens is 1. The molecule has 1 aliphatic rings. The number of hydrogen-bond donors (Lipinski definition) is 1. The summed E-state index contributed by atoms with van der Waals surface area (Å²) in [4.78, 5) is 20.9. The number of nitrogens with zero attached hydrogens (tertiary/aromatic N) is 3. The fourth-order valence-corrected chi connectivity index (χ4v) is 5.21. The second-order valence-electron chi connectivity index (χ2n) is 6.17. The molecule has 2 aromatic carbocycles. The molecule has 0 aliphatic carbocycles. The number of nitrogens with one attached hydrogen (secondary N) is 1. The van der Waals surface area contributed by atoms with Gasteiger partial charge in [0.2, 0.25) is 5.91 Å². The number of carbonyl (C=O) groups is 1. The molecule has 0 saturated carbocycles. The third-order valence-electron chi connectivity index (χ3n) is 4.35. The standard InChI is InChI=1S/C19H15BrN4O3S2/c1-24-15-9-5-2-6-12(15)18-16(29(24,26)27)10-21-19(23-18)28-11-17(25)22-14-8-4-3-7-13(14)20/h2-10H,11H2,1H3,(H,22,25). The number of amides is 1. The lowest BCUT2D eigenvalue weighted by molar-refractivity contribution is -0.113. The Bertz CT molecular complexity index is 1220. The van der Waals surface area contributed by atoms with Crippen molar-refractivity contribution >= 4 is 55.0 Å². The highest BCUT2D eigenvalue weighted by atomic mass is 79.9. The molecular formula is C19H15BrN4O3S2. The lowest BCUT2D eigenvalue weighted by atomic mass is 10.1. The Labute approximate surface area is 180 Å². The van der Waals surface area contributed by atoms with Gasteiger partial charge in [-0.1, -0.05) is 42.1 Å². The minimum Gasteiger partial charge on any atom is -0.324 e. The molecule has 29 heavy (non-hydrogen) atoms.